The van der Waals surface area contributed by atoms with Crippen LogP contribution in [0.1, 0.15) is 16.5 Å². The predicted octanol–water partition coefficient (Wildman–Crippen LogP) is 1.35. The van der Waals surface area contributed by atoms with Crippen LogP contribution in [0.5, 0.6) is 0 Å². The topological polar surface area (TPSA) is 56.7 Å². The molecule has 74 valence electrons. The first kappa shape index (κ1) is 9.36. The Labute approximate surface area is 86.4 Å². The van der Waals surface area contributed by atoms with Crippen LogP contribution in [0, 0.1) is 6.92 Å². The summed E-state index contributed by atoms with van der Waals surface area (Å²) in [6.45, 7) is 2.76. The van der Waals surface area contributed by atoms with Gasteiger partial charge in [-0.2, -0.15) is 5.10 Å². The molecule has 0 aliphatic heterocycles. The van der Waals surface area contributed by atoms with Crippen molar-refractivity contribution in [2.24, 2.45) is 5.73 Å². The van der Waals surface area contributed by atoms with Crippen LogP contribution in [0.15, 0.2) is 24.1 Å². The maximum absolute atomic E-state index is 6.05. The molecule has 0 bridgehead atoms. The van der Waals surface area contributed by atoms with Gasteiger partial charge < -0.3 is 5.73 Å². The Balaban J connectivity index is 2.10. The van der Waals surface area contributed by atoms with E-state index in [4.69, 9.17) is 5.73 Å². The van der Waals surface area contributed by atoms with E-state index in [0.717, 1.165) is 0 Å². The highest BCUT2D eigenvalue weighted by atomic mass is 32.1. The molecule has 2 aromatic rings. The first-order valence-corrected chi connectivity index (χ1v) is 5.27. The summed E-state index contributed by atoms with van der Waals surface area (Å²) < 4.78 is 1.75. The van der Waals surface area contributed by atoms with Gasteiger partial charge in [-0.3, -0.25) is 4.68 Å². The number of hydrogen-bond donors (Lipinski definition) is 1. The van der Waals surface area contributed by atoms with E-state index in [1.165, 1.54) is 16.8 Å². The first-order chi connectivity index (χ1) is 6.77. The lowest BCUT2D eigenvalue weighted by atomic mass is 10.1. The molecule has 0 amide bonds. The molecule has 0 spiro atoms. The van der Waals surface area contributed by atoms with Crippen molar-refractivity contribution < 1.29 is 0 Å². The van der Waals surface area contributed by atoms with E-state index >= 15 is 0 Å². The molecule has 0 saturated heterocycles. The van der Waals surface area contributed by atoms with Crippen molar-refractivity contribution in [2.75, 3.05) is 0 Å². The number of nitrogens with zero attached hydrogens (tertiary/aromatic N) is 3. The summed E-state index contributed by atoms with van der Waals surface area (Å²) in [6.07, 6.45) is 3.20. The molecule has 0 radical (unpaired) electrons. The average Bonchev–Trinajstić information content (AvgIpc) is 2.75. The number of aryl methyl sites for hydroxylation is 1. The Bertz CT molecular complexity index is 393. The minimum Gasteiger partial charge on any atom is -0.322 e. The van der Waals surface area contributed by atoms with E-state index in [1.54, 1.807) is 22.3 Å². The summed E-state index contributed by atoms with van der Waals surface area (Å²) in [6, 6.07) is 2.07. The molecule has 0 aliphatic carbocycles. The van der Waals surface area contributed by atoms with E-state index in [2.05, 4.69) is 28.5 Å². The third kappa shape index (κ3) is 1.83. The summed E-state index contributed by atoms with van der Waals surface area (Å²) in [5.41, 5.74) is 7.25. The quantitative estimate of drug-likeness (QED) is 0.828. The van der Waals surface area contributed by atoms with Crippen molar-refractivity contribution in [1.29, 1.82) is 0 Å². The van der Waals surface area contributed by atoms with Gasteiger partial charge in [-0.25, -0.2) is 4.98 Å². The molecule has 1 unspecified atom stereocenters. The van der Waals surface area contributed by atoms with Crippen LogP contribution < -0.4 is 5.73 Å². The van der Waals surface area contributed by atoms with Gasteiger partial charge >= 0.3 is 0 Å². The first-order valence-electron chi connectivity index (χ1n) is 4.39. The molecule has 1 atom stereocenters. The average molecular weight is 208 g/mol. The highest BCUT2D eigenvalue weighted by molar-refractivity contribution is 7.10. The summed E-state index contributed by atoms with van der Waals surface area (Å²) >= 11 is 1.72. The van der Waals surface area contributed by atoms with Gasteiger partial charge in [0.05, 0.1) is 12.6 Å². The third-order valence-corrected chi connectivity index (χ3v) is 3.01. The lowest BCUT2D eigenvalue weighted by Gasteiger charge is -2.10. The number of nitrogens with two attached hydrogens (primary N) is 1. The molecule has 0 aliphatic rings. The Morgan fingerprint density at radius 3 is 3.07 bits per heavy atom. The van der Waals surface area contributed by atoms with Gasteiger partial charge in [0, 0.05) is 4.88 Å². The van der Waals surface area contributed by atoms with E-state index in [-0.39, 0.29) is 6.04 Å². The number of hydrogen-bond acceptors (Lipinski definition) is 4. The van der Waals surface area contributed by atoms with Crippen molar-refractivity contribution >= 4 is 11.3 Å². The van der Waals surface area contributed by atoms with Crippen LogP contribution in [-0.2, 0) is 6.54 Å². The van der Waals surface area contributed by atoms with E-state index in [0.29, 0.717) is 6.54 Å². The molecule has 2 rings (SSSR count). The second-order valence-electron chi connectivity index (χ2n) is 3.16. The van der Waals surface area contributed by atoms with Crippen molar-refractivity contribution in [1.82, 2.24) is 14.8 Å². The van der Waals surface area contributed by atoms with Crippen LogP contribution in [-0.4, -0.2) is 14.8 Å². The van der Waals surface area contributed by atoms with Gasteiger partial charge in [0.25, 0.3) is 0 Å². The van der Waals surface area contributed by atoms with Crippen molar-refractivity contribution in [3.63, 3.8) is 0 Å². The highest BCUT2D eigenvalue weighted by Crippen LogP contribution is 2.21. The van der Waals surface area contributed by atoms with E-state index in [9.17, 15) is 0 Å². The maximum Gasteiger partial charge on any atom is 0.137 e. The van der Waals surface area contributed by atoms with Crippen molar-refractivity contribution in [3.8, 4) is 0 Å². The van der Waals surface area contributed by atoms with Crippen LogP contribution in [0.25, 0.3) is 0 Å². The molecule has 2 aromatic heterocycles. The van der Waals surface area contributed by atoms with Gasteiger partial charge in [0.15, 0.2) is 0 Å². The fraction of sp³-hybridized carbons (Fsp3) is 0.333. The van der Waals surface area contributed by atoms with Crippen molar-refractivity contribution in [2.45, 2.75) is 19.5 Å². The Morgan fingerprint density at radius 1 is 1.64 bits per heavy atom. The lowest BCUT2D eigenvalue weighted by molar-refractivity contribution is 0.526. The maximum atomic E-state index is 6.05. The normalized spacial score (nSPS) is 13.0. The summed E-state index contributed by atoms with van der Waals surface area (Å²) in [7, 11) is 0. The van der Waals surface area contributed by atoms with Gasteiger partial charge in [0.1, 0.15) is 12.7 Å². The van der Waals surface area contributed by atoms with Gasteiger partial charge in [-0.1, -0.05) is 0 Å². The highest BCUT2D eigenvalue weighted by Gasteiger charge is 2.10. The largest absolute Gasteiger partial charge is 0.322 e. The molecule has 0 aromatic carbocycles. The second kappa shape index (κ2) is 3.89. The van der Waals surface area contributed by atoms with Crippen LogP contribution >= 0.6 is 11.3 Å². The Morgan fingerprint density at radius 2 is 2.50 bits per heavy atom. The SMILES string of the molecule is Cc1sccc1C(N)Cn1cncn1. The van der Waals surface area contributed by atoms with Crippen molar-refractivity contribution in [3.05, 3.63) is 34.5 Å². The van der Waals surface area contributed by atoms with Crippen LogP contribution in [0.4, 0.5) is 0 Å². The molecule has 0 saturated carbocycles. The number of thiophene rings is 1. The van der Waals surface area contributed by atoms with E-state index in [1.807, 2.05) is 0 Å². The molecule has 4 nitrogen and oxygen atoms in total. The smallest absolute Gasteiger partial charge is 0.137 e. The zero-order valence-corrected chi connectivity index (χ0v) is 8.74. The molecular weight excluding hydrogens is 196 g/mol. The molecule has 5 heteroatoms. The molecule has 2 heterocycles. The minimum atomic E-state index is 0.00273. The summed E-state index contributed by atoms with van der Waals surface area (Å²) in [4.78, 5) is 5.15. The fourth-order valence-corrected chi connectivity index (χ4v) is 2.18. The summed E-state index contributed by atoms with van der Waals surface area (Å²) in [5, 5.41) is 6.09. The second-order valence-corrected chi connectivity index (χ2v) is 4.28. The van der Waals surface area contributed by atoms with Gasteiger partial charge in [-0.05, 0) is 23.9 Å². The monoisotopic (exact) mass is 208 g/mol. The standard InChI is InChI=1S/C9H12N4S/c1-7-8(2-3-14-7)9(10)4-13-6-11-5-12-13/h2-3,5-6,9H,4,10H2,1H3. The van der Waals surface area contributed by atoms with Gasteiger partial charge in [-0.15, -0.1) is 11.3 Å². The van der Waals surface area contributed by atoms with E-state index < -0.39 is 0 Å². The minimum absolute atomic E-state index is 0.00273. The predicted molar refractivity (Wildman–Crippen MR) is 56.0 cm³/mol. The number of aromatic nitrogens is 3. The lowest BCUT2D eigenvalue weighted by Crippen LogP contribution is -2.18. The molecule has 14 heavy (non-hydrogen) atoms. The Kier molecular flexibility index (Phi) is 2.60. The van der Waals surface area contributed by atoms with Gasteiger partial charge in [0.2, 0.25) is 0 Å². The summed E-state index contributed by atoms with van der Waals surface area (Å²) in [5.74, 6) is 0. The zero-order valence-electron chi connectivity index (χ0n) is 7.92. The fourth-order valence-electron chi connectivity index (χ4n) is 1.41. The van der Waals surface area contributed by atoms with Crippen LogP contribution in [0.3, 0.4) is 0 Å². The Hall–Kier alpha value is -1.20. The van der Waals surface area contributed by atoms with Crippen LogP contribution in [0.2, 0.25) is 0 Å². The zero-order chi connectivity index (χ0) is 9.97. The third-order valence-electron chi connectivity index (χ3n) is 2.15. The number of rotatable bonds is 3. The molecule has 0 fully saturated rings. The molecular formula is C9H12N4S. The molecule has 2 N–H and O–H groups in total.